The lowest BCUT2D eigenvalue weighted by Crippen LogP contribution is -2.51. The monoisotopic (exact) mass is 345 g/mol. The van der Waals surface area contributed by atoms with Gasteiger partial charge in [-0.3, -0.25) is 9.69 Å². The summed E-state index contributed by atoms with van der Waals surface area (Å²) in [5.41, 5.74) is 0.372. The number of phenolic OH excluding ortho intramolecular Hbond substituents is 2. The number of rotatable bonds is 4. The van der Waals surface area contributed by atoms with Crippen molar-refractivity contribution in [2.75, 3.05) is 46.3 Å². The third-order valence-electron chi connectivity index (χ3n) is 5.25. The number of piperidine rings is 1. The zero-order valence-electron chi connectivity index (χ0n) is 14.8. The molecule has 6 nitrogen and oxygen atoms in total. The number of aromatic hydroxyl groups is 2. The Labute approximate surface area is 149 Å². The van der Waals surface area contributed by atoms with E-state index in [4.69, 9.17) is 0 Å². The van der Waals surface area contributed by atoms with Gasteiger partial charge in [0.25, 0.3) is 0 Å². The van der Waals surface area contributed by atoms with Gasteiger partial charge in [0, 0.05) is 50.1 Å². The van der Waals surface area contributed by atoms with E-state index in [9.17, 15) is 15.0 Å². The number of phenols is 2. The summed E-state index contributed by atoms with van der Waals surface area (Å²) in [6.07, 6.45) is 5.87. The number of benzene rings is 1. The third-order valence-corrected chi connectivity index (χ3v) is 5.25. The summed E-state index contributed by atoms with van der Waals surface area (Å²) in [6, 6.07) is 4.83. The molecule has 25 heavy (non-hydrogen) atoms. The molecule has 0 unspecified atom stereocenters. The Bertz CT molecular complexity index is 631. The van der Waals surface area contributed by atoms with E-state index < -0.39 is 0 Å². The van der Waals surface area contributed by atoms with Crippen LogP contribution in [0, 0.1) is 0 Å². The maximum atomic E-state index is 12.2. The molecule has 0 bridgehead atoms. The van der Waals surface area contributed by atoms with Gasteiger partial charge in [-0.15, -0.1) is 0 Å². The lowest BCUT2D eigenvalue weighted by molar-refractivity contribution is 0.0802. The number of hydrogen-bond acceptors (Lipinski definition) is 6. The molecule has 2 fully saturated rings. The summed E-state index contributed by atoms with van der Waals surface area (Å²) in [4.78, 5) is 19.3. The predicted octanol–water partition coefficient (Wildman–Crippen LogP) is 1.51. The van der Waals surface area contributed by atoms with E-state index in [1.54, 1.807) is 0 Å². The van der Waals surface area contributed by atoms with Gasteiger partial charge < -0.3 is 20.0 Å². The smallest absolute Gasteiger partial charge is 0.187 e. The number of nitrogens with zero attached hydrogens (tertiary/aromatic N) is 3. The summed E-state index contributed by atoms with van der Waals surface area (Å²) in [5, 5.41) is 18.8. The van der Waals surface area contributed by atoms with Gasteiger partial charge in [-0.1, -0.05) is 0 Å². The second-order valence-corrected chi connectivity index (χ2v) is 6.99. The standard InChI is InChI=1S/C19H27N3O3/c1-20-7-4-16(5-8-20)22-12-10-21(11-13-22)9-6-17(23)15-2-3-18(24)19(25)14-15/h2-3,6,9,14,16,24-25H,4-5,7-8,10-13H2,1H3. The first kappa shape index (κ1) is 17.8. The fourth-order valence-corrected chi connectivity index (χ4v) is 3.56. The largest absolute Gasteiger partial charge is 0.504 e. The molecule has 2 aliphatic rings. The van der Waals surface area contributed by atoms with Gasteiger partial charge in [0.1, 0.15) is 0 Å². The van der Waals surface area contributed by atoms with Crippen molar-refractivity contribution in [3.05, 3.63) is 36.0 Å². The summed E-state index contributed by atoms with van der Waals surface area (Å²) in [6.45, 7) is 6.28. The van der Waals surface area contributed by atoms with E-state index in [-0.39, 0.29) is 17.3 Å². The summed E-state index contributed by atoms with van der Waals surface area (Å²) in [7, 11) is 2.18. The number of likely N-dealkylation sites (tertiary alicyclic amines) is 1. The number of carbonyl (C=O) groups excluding carboxylic acids is 1. The third kappa shape index (κ3) is 4.52. The molecule has 0 atom stereocenters. The number of allylic oxidation sites excluding steroid dienone is 1. The molecule has 0 amide bonds. The average Bonchev–Trinajstić information content (AvgIpc) is 2.63. The highest BCUT2D eigenvalue weighted by Gasteiger charge is 2.25. The Morgan fingerprint density at radius 1 is 1.04 bits per heavy atom. The van der Waals surface area contributed by atoms with Crippen molar-refractivity contribution in [2.24, 2.45) is 0 Å². The van der Waals surface area contributed by atoms with E-state index in [1.165, 1.54) is 50.2 Å². The Balaban J connectivity index is 1.49. The zero-order chi connectivity index (χ0) is 17.8. The van der Waals surface area contributed by atoms with Crippen molar-refractivity contribution in [3.8, 4) is 11.5 Å². The molecule has 3 rings (SSSR count). The first-order chi connectivity index (χ1) is 12.0. The van der Waals surface area contributed by atoms with Crippen LogP contribution < -0.4 is 0 Å². The molecule has 0 spiro atoms. The highest BCUT2D eigenvalue weighted by molar-refractivity contribution is 6.04. The van der Waals surface area contributed by atoms with Gasteiger partial charge in [-0.25, -0.2) is 0 Å². The van der Waals surface area contributed by atoms with E-state index in [0.717, 1.165) is 26.2 Å². The fourth-order valence-electron chi connectivity index (χ4n) is 3.56. The van der Waals surface area contributed by atoms with Crippen LogP contribution >= 0.6 is 0 Å². The quantitative estimate of drug-likeness (QED) is 0.490. The molecule has 2 saturated heterocycles. The van der Waals surface area contributed by atoms with E-state index in [1.807, 2.05) is 6.20 Å². The number of ketones is 1. The molecule has 1 aromatic carbocycles. The van der Waals surface area contributed by atoms with Crippen molar-refractivity contribution in [3.63, 3.8) is 0 Å². The molecule has 0 radical (unpaired) electrons. The fraction of sp³-hybridized carbons (Fsp3) is 0.526. The summed E-state index contributed by atoms with van der Waals surface area (Å²) >= 11 is 0. The minimum Gasteiger partial charge on any atom is -0.504 e. The van der Waals surface area contributed by atoms with Gasteiger partial charge in [0.15, 0.2) is 17.3 Å². The van der Waals surface area contributed by atoms with Gasteiger partial charge in [0.05, 0.1) is 0 Å². The second-order valence-electron chi connectivity index (χ2n) is 6.99. The van der Waals surface area contributed by atoms with Crippen LogP contribution in [0.1, 0.15) is 23.2 Å². The highest BCUT2D eigenvalue weighted by atomic mass is 16.3. The Morgan fingerprint density at radius 2 is 1.72 bits per heavy atom. The molecule has 0 aliphatic carbocycles. The molecule has 6 heteroatoms. The molecule has 136 valence electrons. The first-order valence-corrected chi connectivity index (χ1v) is 8.94. The van der Waals surface area contributed by atoms with Crippen LogP contribution in [0.5, 0.6) is 11.5 Å². The number of piperazine rings is 1. The lowest BCUT2D eigenvalue weighted by Gasteiger charge is -2.42. The number of hydrogen-bond donors (Lipinski definition) is 2. The maximum Gasteiger partial charge on any atom is 0.187 e. The molecule has 2 N–H and O–H groups in total. The van der Waals surface area contributed by atoms with Crippen molar-refractivity contribution in [2.45, 2.75) is 18.9 Å². The summed E-state index contributed by atoms with van der Waals surface area (Å²) < 4.78 is 0. The van der Waals surface area contributed by atoms with Crippen molar-refractivity contribution >= 4 is 5.78 Å². The van der Waals surface area contributed by atoms with Crippen LogP contribution in [-0.2, 0) is 0 Å². The molecule has 2 aliphatic heterocycles. The molecule has 0 aromatic heterocycles. The van der Waals surface area contributed by atoms with E-state index in [2.05, 4.69) is 21.7 Å². The van der Waals surface area contributed by atoms with Crippen LogP contribution in [0.3, 0.4) is 0 Å². The molecule has 0 saturated carbocycles. The van der Waals surface area contributed by atoms with Gasteiger partial charge in [0.2, 0.25) is 0 Å². The lowest BCUT2D eigenvalue weighted by atomic mass is 10.0. The predicted molar refractivity (Wildman–Crippen MR) is 96.9 cm³/mol. The van der Waals surface area contributed by atoms with Crippen LogP contribution in [0.25, 0.3) is 0 Å². The average molecular weight is 345 g/mol. The van der Waals surface area contributed by atoms with Gasteiger partial charge in [-0.2, -0.15) is 0 Å². The topological polar surface area (TPSA) is 67.2 Å². The van der Waals surface area contributed by atoms with Gasteiger partial charge in [-0.05, 0) is 51.2 Å². The van der Waals surface area contributed by atoms with E-state index in [0.29, 0.717) is 11.6 Å². The molecule has 2 heterocycles. The van der Waals surface area contributed by atoms with Crippen LogP contribution in [0.2, 0.25) is 0 Å². The van der Waals surface area contributed by atoms with Gasteiger partial charge >= 0.3 is 0 Å². The molecule has 1 aromatic rings. The zero-order valence-corrected chi connectivity index (χ0v) is 14.8. The second kappa shape index (κ2) is 7.89. The Morgan fingerprint density at radius 3 is 2.36 bits per heavy atom. The Hall–Kier alpha value is -2.05. The van der Waals surface area contributed by atoms with E-state index >= 15 is 0 Å². The molecular formula is C19H27N3O3. The SMILES string of the molecule is CN1CCC(N2CCN(C=CC(=O)c3ccc(O)c(O)c3)CC2)CC1. The van der Waals surface area contributed by atoms with Crippen LogP contribution in [-0.4, -0.2) is 83.1 Å². The molecular weight excluding hydrogens is 318 g/mol. The van der Waals surface area contributed by atoms with Crippen molar-refractivity contribution < 1.29 is 15.0 Å². The normalized spacial score (nSPS) is 21.1. The summed E-state index contributed by atoms with van der Waals surface area (Å²) in [5.74, 6) is -0.662. The van der Waals surface area contributed by atoms with Crippen LogP contribution in [0.15, 0.2) is 30.5 Å². The van der Waals surface area contributed by atoms with Crippen molar-refractivity contribution in [1.29, 1.82) is 0 Å². The maximum absolute atomic E-state index is 12.2. The highest BCUT2D eigenvalue weighted by Crippen LogP contribution is 2.25. The minimum absolute atomic E-state index is 0.173. The minimum atomic E-state index is -0.272. The van der Waals surface area contributed by atoms with Crippen LogP contribution in [0.4, 0.5) is 0 Å². The number of carbonyl (C=O) groups is 1. The first-order valence-electron chi connectivity index (χ1n) is 8.94. The Kier molecular flexibility index (Phi) is 5.60. The van der Waals surface area contributed by atoms with Crippen molar-refractivity contribution in [1.82, 2.24) is 14.7 Å².